The summed E-state index contributed by atoms with van der Waals surface area (Å²) in [4.78, 5) is 14.4. The van der Waals surface area contributed by atoms with Crippen LogP contribution in [-0.2, 0) is 0 Å². The second kappa shape index (κ2) is 6.42. The minimum atomic E-state index is 0.0389. The Hall–Kier alpha value is -1.03. The number of halogens is 1. The number of benzene rings is 1. The number of likely N-dealkylation sites (tertiary alicyclic amines) is 1. The number of rotatable bonds is 2. The normalized spacial score (nSPS) is 19.3. The predicted molar refractivity (Wildman–Crippen MR) is 82.5 cm³/mol. The van der Waals surface area contributed by atoms with Crippen LogP contribution in [-0.4, -0.2) is 23.5 Å². The Kier molecular flexibility index (Phi) is 4.86. The van der Waals surface area contributed by atoms with Crippen molar-refractivity contribution in [3.05, 3.63) is 28.2 Å². The van der Waals surface area contributed by atoms with E-state index in [4.69, 9.17) is 0 Å². The van der Waals surface area contributed by atoms with Gasteiger partial charge in [-0.3, -0.25) is 0 Å². The molecule has 3 nitrogen and oxygen atoms in total. The van der Waals surface area contributed by atoms with Crippen molar-refractivity contribution < 1.29 is 4.79 Å². The maximum absolute atomic E-state index is 12.4. The molecule has 1 N–H and O–H groups in total. The molecular weight excluding hydrogens is 304 g/mol. The van der Waals surface area contributed by atoms with Gasteiger partial charge in [-0.2, -0.15) is 0 Å². The zero-order chi connectivity index (χ0) is 13.8. The molecule has 0 radical (unpaired) electrons. The third-order valence-electron chi connectivity index (χ3n) is 3.79. The van der Waals surface area contributed by atoms with Gasteiger partial charge in [0, 0.05) is 22.7 Å². The Balaban J connectivity index is 2.07. The summed E-state index contributed by atoms with van der Waals surface area (Å²) in [6.07, 6.45) is 4.51. The maximum atomic E-state index is 12.4. The molecule has 1 aromatic rings. The first kappa shape index (κ1) is 14.4. The van der Waals surface area contributed by atoms with Crippen LogP contribution in [0.25, 0.3) is 0 Å². The van der Waals surface area contributed by atoms with E-state index in [1.807, 2.05) is 30.0 Å². The van der Waals surface area contributed by atoms with E-state index < -0.39 is 0 Å². The smallest absolute Gasteiger partial charge is 0.322 e. The van der Waals surface area contributed by atoms with Gasteiger partial charge in [-0.25, -0.2) is 4.79 Å². The van der Waals surface area contributed by atoms with Gasteiger partial charge in [0.2, 0.25) is 0 Å². The molecule has 1 saturated heterocycles. The van der Waals surface area contributed by atoms with Crippen LogP contribution in [0, 0.1) is 6.92 Å². The summed E-state index contributed by atoms with van der Waals surface area (Å²) in [6.45, 7) is 5.04. The van der Waals surface area contributed by atoms with Gasteiger partial charge in [0.1, 0.15) is 0 Å². The Bertz CT molecular complexity index is 461. The summed E-state index contributed by atoms with van der Waals surface area (Å²) in [5.41, 5.74) is 1.97. The summed E-state index contributed by atoms with van der Waals surface area (Å²) < 4.78 is 1.03. The molecule has 104 valence electrons. The van der Waals surface area contributed by atoms with Gasteiger partial charge in [0.05, 0.1) is 0 Å². The number of amides is 2. The highest BCUT2D eigenvalue weighted by Gasteiger charge is 2.25. The van der Waals surface area contributed by atoms with Crippen LogP contribution in [0.5, 0.6) is 0 Å². The van der Waals surface area contributed by atoms with Crippen LogP contribution in [0.1, 0.15) is 38.2 Å². The number of aryl methyl sites for hydroxylation is 1. The molecule has 4 heteroatoms. The van der Waals surface area contributed by atoms with Crippen molar-refractivity contribution in [2.24, 2.45) is 0 Å². The van der Waals surface area contributed by atoms with E-state index in [9.17, 15) is 4.79 Å². The molecule has 1 heterocycles. The number of nitrogens with zero attached hydrogens (tertiary/aromatic N) is 1. The highest BCUT2D eigenvalue weighted by molar-refractivity contribution is 9.10. The minimum Gasteiger partial charge on any atom is -0.322 e. The van der Waals surface area contributed by atoms with E-state index in [1.54, 1.807) is 0 Å². The molecule has 19 heavy (non-hydrogen) atoms. The van der Waals surface area contributed by atoms with Gasteiger partial charge < -0.3 is 10.2 Å². The van der Waals surface area contributed by atoms with Crippen molar-refractivity contribution in [2.45, 2.75) is 45.6 Å². The SMILES string of the molecule is CCC1CCCCN1C(=O)Nc1ccc(Br)cc1C. The molecule has 0 bridgehead atoms. The highest BCUT2D eigenvalue weighted by Crippen LogP contribution is 2.23. The highest BCUT2D eigenvalue weighted by atomic mass is 79.9. The summed E-state index contributed by atoms with van der Waals surface area (Å²) in [5.74, 6) is 0. The Morgan fingerprint density at radius 3 is 2.95 bits per heavy atom. The molecule has 0 aliphatic carbocycles. The molecular formula is C15H21BrN2O. The molecule has 0 saturated carbocycles. The quantitative estimate of drug-likeness (QED) is 0.850. The molecule has 1 atom stereocenters. The van der Waals surface area contributed by atoms with Gasteiger partial charge in [-0.15, -0.1) is 0 Å². The molecule has 2 rings (SSSR count). The molecule has 1 unspecified atom stereocenters. The lowest BCUT2D eigenvalue weighted by Gasteiger charge is -2.35. The predicted octanol–water partition coefficient (Wildman–Crippen LogP) is 4.55. The molecule has 1 aliphatic rings. The van der Waals surface area contributed by atoms with E-state index in [-0.39, 0.29) is 6.03 Å². The second-order valence-electron chi connectivity index (χ2n) is 5.14. The fourth-order valence-electron chi connectivity index (χ4n) is 2.65. The van der Waals surface area contributed by atoms with E-state index in [2.05, 4.69) is 28.2 Å². The Morgan fingerprint density at radius 1 is 1.47 bits per heavy atom. The van der Waals surface area contributed by atoms with Crippen LogP contribution < -0.4 is 5.32 Å². The van der Waals surface area contributed by atoms with Crippen molar-refractivity contribution in [2.75, 3.05) is 11.9 Å². The second-order valence-corrected chi connectivity index (χ2v) is 6.06. The fraction of sp³-hybridized carbons (Fsp3) is 0.533. The first-order valence-electron chi connectivity index (χ1n) is 6.95. The number of hydrogen-bond donors (Lipinski definition) is 1. The zero-order valence-electron chi connectivity index (χ0n) is 11.6. The fourth-order valence-corrected chi connectivity index (χ4v) is 3.12. The van der Waals surface area contributed by atoms with Gasteiger partial charge >= 0.3 is 6.03 Å². The van der Waals surface area contributed by atoms with Crippen molar-refractivity contribution in [1.82, 2.24) is 4.90 Å². The molecule has 0 aromatic heterocycles. The molecule has 0 spiro atoms. The number of anilines is 1. The lowest BCUT2D eigenvalue weighted by molar-refractivity contribution is 0.160. The van der Waals surface area contributed by atoms with Crippen molar-refractivity contribution in [3.8, 4) is 0 Å². The van der Waals surface area contributed by atoms with E-state index in [1.165, 1.54) is 6.42 Å². The lowest BCUT2D eigenvalue weighted by Crippen LogP contribution is -2.45. The summed E-state index contributed by atoms with van der Waals surface area (Å²) in [7, 11) is 0. The topological polar surface area (TPSA) is 32.3 Å². The minimum absolute atomic E-state index is 0.0389. The van der Waals surface area contributed by atoms with Crippen LogP contribution in [0.4, 0.5) is 10.5 Å². The number of piperidine rings is 1. The summed E-state index contributed by atoms with van der Waals surface area (Å²) in [6, 6.07) is 6.35. The van der Waals surface area contributed by atoms with Crippen LogP contribution in [0.3, 0.4) is 0 Å². The average Bonchev–Trinajstić information content (AvgIpc) is 2.41. The third-order valence-corrected chi connectivity index (χ3v) is 4.28. The monoisotopic (exact) mass is 324 g/mol. The standard InChI is InChI=1S/C15H21BrN2O/c1-3-13-6-4-5-9-18(13)15(19)17-14-8-7-12(16)10-11(14)2/h7-8,10,13H,3-6,9H2,1-2H3,(H,17,19). The van der Waals surface area contributed by atoms with Crippen molar-refractivity contribution >= 4 is 27.6 Å². The average molecular weight is 325 g/mol. The maximum Gasteiger partial charge on any atom is 0.322 e. The van der Waals surface area contributed by atoms with Crippen LogP contribution in [0.15, 0.2) is 22.7 Å². The third kappa shape index (κ3) is 3.50. The van der Waals surface area contributed by atoms with Gasteiger partial charge in [0.25, 0.3) is 0 Å². The molecule has 2 amide bonds. The Labute approximate surface area is 123 Å². The van der Waals surface area contributed by atoms with Crippen LogP contribution in [0.2, 0.25) is 0 Å². The lowest BCUT2D eigenvalue weighted by atomic mass is 10.0. The number of carbonyl (C=O) groups excluding carboxylic acids is 1. The number of hydrogen-bond acceptors (Lipinski definition) is 1. The molecule has 1 aliphatic heterocycles. The van der Waals surface area contributed by atoms with E-state index >= 15 is 0 Å². The van der Waals surface area contributed by atoms with E-state index in [0.29, 0.717) is 6.04 Å². The number of nitrogens with one attached hydrogen (secondary N) is 1. The molecule has 1 aromatic carbocycles. The van der Waals surface area contributed by atoms with Gasteiger partial charge in [0.15, 0.2) is 0 Å². The van der Waals surface area contributed by atoms with Crippen molar-refractivity contribution in [3.63, 3.8) is 0 Å². The zero-order valence-corrected chi connectivity index (χ0v) is 13.2. The first-order valence-corrected chi connectivity index (χ1v) is 7.75. The van der Waals surface area contributed by atoms with Gasteiger partial charge in [-0.1, -0.05) is 22.9 Å². The number of carbonyl (C=O) groups is 1. The first-order chi connectivity index (χ1) is 9.11. The van der Waals surface area contributed by atoms with Crippen molar-refractivity contribution in [1.29, 1.82) is 0 Å². The molecule has 1 fully saturated rings. The van der Waals surface area contributed by atoms with Gasteiger partial charge in [-0.05, 0) is 56.4 Å². The number of urea groups is 1. The summed E-state index contributed by atoms with van der Waals surface area (Å²) >= 11 is 3.44. The van der Waals surface area contributed by atoms with Crippen LogP contribution >= 0.6 is 15.9 Å². The summed E-state index contributed by atoms with van der Waals surface area (Å²) in [5, 5.41) is 3.04. The Morgan fingerprint density at radius 2 is 2.26 bits per heavy atom. The largest absolute Gasteiger partial charge is 0.322 e. The van der Waals surface area contributed by atoms with E-state index in [0.717, 1.165) is 41.5 Å².